The zero-order chi connectivity index (χ0) is 19.8. The van der Waals surface area contributed by atoms with Gasteiger partial charge in [0.2, 0.25) is 10.0 Å². The van der Waals surface area contributed by atoms with Gasteiger partial charge in [0.1, 0.15) is 0 Å². The van der Waals surface area contributed by atoms with E-state index >= 15 is 0 Å². The van der Waals surface area contributed by atoms with Crippen molar-refractivity contribution in [1.29, 1.82) is 0 Å². The number of halogens is 3. The lowest BCUT2D eigenvalue weighted by atomic mass is 10.2. The van der Waals surface area contributed by atoms with Crippen molar-refractivity contribution in [3.63, 3.8) is 0 Å². The van der Waals surface area contributed by atoms with Gasteiger partial charge in [0.05, 0.1) is 30.6 Å². The van der Waals surface area contributed by atoms with Crippen molar-refractivity contribution in [2.75, 3.05) is 31.1 Å². The summed E-state index contributed by atoms with van der Waals surface area (Å²) >= 11 is 17.9. The third kappa shape index (κ3) is 4.14. The van der Waals surface area contributed by atoms with Crippen molar-refractivity contribution in [3.05, 3.63) is 61.6 Å². The van der Waals surface area contributed by atoms with Crippen molar-refractivity contribution >= 4 is 56.2 Å². The Bertz CT molecular complexity index is 992. The number of rotatable bonds is 4. The lowest BCUT2D eigenvalue weighted by Gasteiger charge is -2.35. The number of non-ortho nitro benzene ring substituents is 1. The topological polar surface area (TPSA) is 83.8 Å². The van der Waals surface area contributed by atoms with Gasteiger partial charge < -0.3 is 4.90 Å². The molecule has 0 aliphatic carbocycles. The zero-order valence-corrected chi connectivity index (χ0v) is 16.9. The van der Waals surface area contributed by atoms with Gasteiger partial charge in [-0.25, -0.2) is 8.42 Å². The van der Waals surface area contributed by atoms with Crippen molar-refractivity contribution in [1.82, 2.24) is 4.31 Å². The molecule has 2 aromatic rings. The second-order valence-electron chi connectivity index (χ2n) is 5.86. The summed E-state index contributed by atoms with van der Waals surface area (Å²) in [4.78, 5) is 12.3. The van der Waals surface area contributed by atoms with E-state index in [2.05, 4.69) is 0 Å². The summed E-state index contributed by atoms with van der Waals surface area (Å²) in [6.45, 7) is 1.29. The molecule has 144 valence electrons. The number of hydrogen-bond donors (Lipinski definition) is 0. The van der Waals surface area contributed by atoms with Crippen molar-refractivity contribution in [3.8, 4) is 0 Å². The molecule has 3 rings (SSSR count). The predicted octanol–water partition coefficient (Wildman–Crippen LogP) is 4.07. The van der Waals surface area contributed by atoms with Crippen LogP contribution in [0.1, 0.15) is 0 Å². The number of sulfonamides is 1. The Morgan fingerprint density at radius 1 is 0.889 bits per heavy atom. The zero-order valence-electron chi connectivity index (χ0n) is 13.8. The lowest BCUT2D eigenvalue weighted by molar-refractivity contribution is -0.384. The van der Waals surface area contributed by atoms with Crippen molar-refractivity contribution in [2.24, 2.45) is 0 Å². The summed E-state index contributed by atoms with van der Waals surface area (Å²) in [5.41, 5.74) is 0.540. The molecule has 1 fully saturated rings. The Balaban J connectivity index is 1.75. The van der Waals surface area contributed by atoms with Crippen LogP contribution in [0.5, 0.6) is 0 Å². The number of piperazine rings is 1. The van der Waals surface area contributed by atoms with E-state index in [1.807, 2.05) is 4.90 Å². The number of hydrogen-bond acceptors (Lipinski definition) is 5. The van der Waals surface area contributed by atoms with Gasteiger partial charge in [-0.1, -0.05) is 34.8 Å². The summed E-state index contributed by atoms with van der Waals surface area (Å²) in [7, 11) is -3.69. The molecule has 1 saturated heterocycles. The molecule has 0 atom stereocenters. The molecule has 0 unspecified atom stereocenters. The Labute approximate surface area is 171 Å². The first kappa shape index (κ1) is 20.2. The summed E-state index contributed by atoms with van der Waals surface area (Å²) < 4.78 is 26.9. The molecule has 0 N–H and O–H groups in total. The lowest BCUT2D eigenvalue weighted by Crippen LogP contribution is -2.48. The minimum atomic E-state index is -3.69. The highest BCUT2D eigenvalue weighted by Crippen LogP contribution is 2.32. The van der Waals surface area contributed by atoms with E-state index in [-0.39, 0.29) is 38.7 Å². The molecule has 0 saturated carbocycles. The maximum Gasteiger partial charge on any atom is 0.271 e. The summed E-state index contributed by atoms with van der Waals surface area (Å²) in [6.07, 6.45) is 0. The fraction of sp³-hybridized carbons (Fsp3) is 0.250. The monoisotopic (exact) mass is 449 g/mol. The van der Waals surface area contributed by atoms with Crippen LogP contribution in [0.4, 0.5) is 11.4 Å². The quantitative estimate of drug-likeness (QED) is 0.518. The number of nitro benzene ring substituents is 1. The molecule has 0 aromatic heterocycles. The van der Waals surface area contributed by atoms with E-state index in [0.717, 1.165) is 0 Å². The minimum absolute atomic E-state index is 0.0821. The van der Waals surface area contributed by atoms with Crippen LogP contribution in [0.2, 0.25) is 15.1 Å². The van der Waals surface area contributed by atoms with E-state index in [1.165, 1.54) is 34.6 Å². The van der Waals surface area contributed by atoms with Gasteiger partial charge in [-0.05, 0) is 24.3 Å². The molecule has 2 aromatic carbocycles. The number of anilines is 1. The van der Waals surface area contributed by atoms with Crippen LogP contribution < -0.4 is 4.90 Å². The predicted molar refractivity (Wildman–Crippen MR) is 106 cm³/mol. The minimum Gasteiger partial charge on any atom is -0.368 e. The molecule has 1 aliphatic heterocycles. The molecule has 1 heterocycles. The van der Waals surface area contributed by atoms with Crippen LogP contribution >= 0.6 is 34.8 Å². The van der Waals surface area contributed by atoms with E-state index in [4.69, 9.17) is 34.8 Å². The molecule has 0 radical (unpaired) electrons. The smallest absolute Gasteiger partial charge is 0.271 e. The van der Waals surface area contributed by atoms with Crippen LogP contribution in [-0.4, -0.2) is 43.8 Å². The van der Waals surface area contributed by atoms with Crippen molar-refractivity contribution < 1.29 is 13.3 Å². The molecule has 1 aliphatic rings. The summed E-state index contributed by atoms with van der Waals surface area (Å²) in [6, 6.07) is 8.44. The first-order valence-corrected chi connectivity index (χ1v) is 10.4. The molecule has 0 bridgehead atoms. The highest BCUT2D eigenvalue weighted by atomic mass is 35.5. The largest absolute Gasteiger partial charge is 0.368 e. The average Bonchev–Trinajstić information content (AvgIpc) is 2.64. The normalized spacial score (nSPS) is 15.7. The fourth-order valence-electron chi connectivity index (χ4n) is 2.82. The van der Waals surface area contributed by atoms with Gasteiger partial charge in [-0.2, -0.15) is 4.31 Å². The van der Waals surface area contributed by atoms with Crippen LogP contribution in [-0.2, 0) is 10.0 Å². The molecule has 0 spiro atoms. The third-order valence-electron chi connectivity index (χ3n) is 4.25. The van der Waals surface area contributed by atoms with Gasteiger partial charge in [-0.3, -0.25) is 10.1 Å². The maximum absolute atomic E-state index is 12.8. The molecule has 11 heteroatoms. The Morgan fingerprint density at radius 2 is 1.56 bits per heavy atom. The summed E-state index contributed by atoms with van der Waals surface area (Å²) in [5.74, 6) is 0. The van der Waals surface area contributed by atoms with Crippen LogP contribution in [0, 0.1) is 10.1 Å². The molecule has 27 heavy (non-hydrogen) atoms. The van der Waals surface area contributed by atoms with E-state index < -0.39 is 14.9 Å². The van der Waals surface area contributed by atoms with Gasteiger partial charge in [0, 0.05) is 38.3 Å². The van der Waals surface area contributed by atoms with E-state index in [0.29, 0.717) is 18.8 Å². The van der Waals surface area contributed by atoms with Gasteiger partial charge in [0.15, 0.2) is 0 Å². The number of nitro groups is 1. The number of benzene rings is 2. The Kier molecular flexibility index (Phi) is 5.83. The first-order valence-electron chi connectivity index (χ1n) is 7.84. The first-order chi connectivity index (χ1) is 12.7. The Hall–Kier alpha value is -1.58. The van der Waals surface area contributed by atoms with E-state index in [9.17, 15) is 18.5 Å². The van der Waals surface area contributed by atoms with Gasteiger partial charge in [-0.15, -0.1) is 0 Å². The second-order valence-corrected chi connectivity index (χ2v) is 9.02. The molecular formula is C16H14Cl3N3O4S. The standard InChI is InChI=1S/C16H14Cl3N3O4S/c17-13-3-2-12(10-14(13)18)27(25,26)21-7-5-20(6-8-21)16-4-1-11(22(23)24)9-15(16)19/h1-4,9-10H,5-8H2. The van der Waals surface area contributed by atoms with Gasteiger partial charge in [0.25, 0.3) is 5.69 Å². The maximum atomic E-state index is 12.8. The summed E-state index contributed by atoms with van der Waals surface area (Å²) in [5, 5.41) is 11.5. The Morgan fingerprint density at radius 3 is 2.11 bits per heavy atom. The van der Waals surface area contributed by atoms with Crippen molar-refractivity contribution in [2.45, 2.75) is 4.90 Å². The van der Waals surface area contributed by atoms with E-state index in [1.54, 1.807) is 6.07 Å². The van der Waals surface area contributed by atoms with Gasteiger partial charge >= 0.3 is 0 Å². The average molecular weight is 451 g/mol. The highest BCUT2D eigenvalue weighted by molar-refractivity contribution is 7.89. The fourth-order valence-corrected chi connectivity index (χ4v) is 4.93. The third-order valence-corrected chi connectivity index (χ3v) is 7.19. The molecule has 0 amide bonds. The number of nitrogens with zero attached hydrogens (tertiary/aromatic N) is 3. The van der Waals surface area contributed by atoms with Crippen LogP contribution in [0.3, 0.4) is 0 Å². The highest BCUT2D eigenvalue weighted by Gasteiger charge is 2.29. The molecule has 7 nitrogen and oxygen atoms in total. The second kappa shape index (κ2) is 7.81. The van der Waals surface area contributed by atoms with Crippen LogP contribution in [0.25, 0.3) is 0 Å². The van der Waals surface area contributed by atoms with Crippen LogP contribution in [0.15, 0.2) is 41.3 Å². The SMILES string of the molecule is O=[N+]([O-])c1ccc(N2CCN(S(=O)(=O)c3ccc(Cl)c(Cl)c3)CC2)c(Cl)c1. The molecular weight excluding hydrogens is 437 g/mol.